The fraction of sp³-hybridized carbons (Fsp3) is 0.333. The molecule has 0 heterocycles. The SMILES string of the molecule is Cc1ccccc1NC(CO)c1ccc(C2CC2)cc1. The standard InChI is InChI=1S/C18H21NO/c1-13-4-2-3-5-17(13)19-18(12-20)16-10-8-15(9-11-16)14-6-7-14/h2-5,8-11,14,18-20H,6-7,12H2,1H3. The van der Waals surface area contributed by atoms with Gasteiger partial charge >= 0.3 is 0 Å². The van der Waals surface area contributed by atoms with Gasteiger partial charge in [-0.05, 0) is 48.4 Å². The van der Waals surface area contributed by atoms with Gasteiger partial charge in [0, 0.05) is 5.69 Å². The van der Waals surface area contributed by atoms with E-state index in [9.17, 15) is 5.11 Å². The van der Waals surface area contributed by atoms with Crippen molar-refractivity contribution in [2.24, 2.45) is 0 Å². The number of hydrogen-bond donors (Lipinski definition) is 2. The molecule has 0 aliphatic heterocycles. The van der Waals surface area contributed by atoms with Crippen LogP contribution < -0.4 is 5.32 Å². The van der Waals surface area contributed by atoms with Gasteiger partial charge in [-0.2, -0.15) is 0 Å². The van der Waals surface area contributed by atoms with Gasteiger partial charge in [-0.1, -0.05) is 42.5 Å². The first-order valence-corrected chi connectivity index (χ1v) is 7.31. The summed E-state index contributed by atoms with van der Waals surface area (Å²) in [7, 11) is 0. The monoisotopic (exact) mass is 267 g/mol. The molecule has 1 aliphatic rings. The van der Waals surface area contributed by atoms with Gasteiger partial charge in [-0.25, -0.2) is 0 Å². The van der Waals surface area contributed by atoms with E-state index < -0.39 is 0 Å². The highest BCUT2D eigenvalue weighted by Gasteiger charge is 2.23. The van der Waals surface area contributed by atoms with Crippen molar-refractivity contribution >= 4 is 5.69 Å². The van der Waals surface area contributed by atoms with Crippen LogP contribution in [0, 0.1) is 6.92 Å². The van der Waals surface area contributed by atoms with E-state index >= 15 is 0 Å². The van der Waals surface area contributed by atoms with Crippen molar-refractivity contribution in [2.45, 2.75) is 31.7 Å². The topological polar surface area (TPSA) is 32.3 Å². The number of nitrogens with one attached hydrogen (secondary N) is 1. The Hall–Kier alpha value is -1.80. The van der Waals surface area contributed by atoms with E-state index in [2.05, 4.69) is 48.6 Å². The Morgan fingerprint density at radius 3 is 2.40 bits per heavy atom. The van der Waals surface area contributed by atoms with Crippen LogP contribution in [0.4, 0.5) is 5.69 Å². The second kappa shape index (κ2) is 5.68. The lowest BCUT2D eigenvalue weighted by molar-refractivity contribution is 0.276. The molecule has 2 aromatic rings. The Bertz CT molecular complexity index is 572. The van der Waals surface area contributed by atoms with Crippen LogP contribution in [0.3, 0.4) is 0 Å². The summed E-state index contributed by atoms with van der Waals surface area (Å²) in [5.41, 5.74) is 4.85. The van der Waals surface area contributed by atoms with E-state index in [1.165, 1.54) is 24.0 Å². The maximum absolute atomic E-state index is 9.66. The smallest absolute Gasteiger partial charge is 0.0745 e. The van der Waals surface area contributed by atoms with Crippen LogP contribution in [0.5, 0.6) is 0 Å². The Morgan fingerprint density at radius 1 is 1.10 bits per heavy atom. The third kappa shape index (κ3) is 2.86. The van der Waals surface area contributed by atoms with Gasteiger partial charge in [0.05, 0.1) is 12.6 Å². The van der Waals surface area contributed by atoms with Gasteiger partial charge in [0.25, 0.3) is 0 Å². The fourth-order valence-electron chi connectivity index (χ4n) is 2.57. The third-order valence-electron chi connectivity index (χ3n) is 4.04. The van der Waals surface area contributed by atoms with Gasteiger partial charge in [-0.3, -0.25) is 0 Å². The van der Waals surface area contributed by atoms with Crippen molar-refractivity contribution in [3.8, 4) is 0 Å². The zero-order valence-corrected chi connectivity index (χ0v) is 11.8. The van der Waals surface area contributed by atoms with Gasteiger partial charge in [0.15, 0.2) is 0 Å². The molecule has 0 saturated heterocycles. The van der Waals surface area contributed by atoms with E-state index in [0.717, 1.165) is 17.2 Å². The normalized spacial score (nSPS) is 15.9. The summed E-state index contributed by atoms with van der Waals surface area (Å²) in [4.78, 5) is 0. The Labute approximate surface area is 120 Å². The highest BCUT2D eigenvalue weighted by atomic mass is 16.3. The molecule has 2 aromatic carbocycles. The van der Waals surface area contributed by atoms with E-state index in [1.54, 1.807) is 0 Å². The molecule has 0 amide bonds. The minimum atomic E-state index is -0.0515. The minimum Gasteiger partial charge on any atom is -0.394 e. The number of benzene rings is 2. The molecule has 0 spiro atoms. The van der Waals surface area contributed by atoms with Crippen LogP contribution in [-0.2, 0) is 0 Å². The molecule has 104 valence electrons. The van der Waals surface area contributed by atoms with Crippen molar-refractivity contribution in [3.05, 3.63) is 65.2 Å². The average molecular weight is 267 g/mol. The zero-order valence-electron chi connectivity index (χ0n) is 11.8. The molecule has 2 heteroatoms. The first-order valence-electron chi connectivity index (χ1n) is 7.31. The van der Waals surface area contributed by atoms with E-state index in [4.69, 9.17) is 0 Å². The van der Waals surface area contributed by atoms with Gasteiger partial charge in [0.2, 0.25) is 0 Å². The highest BCUT2D eigenvalue weighted by Crippen LogP contribution is 2.40. The van der Waals surface area contributed by atoms with Gasteiger partial charge in [0.1, 0.15) is 0 Å². The fourth-order valence-corrected chi connectivity index (χ4v) is 2.57. The lowest BCUT2D eigenvalue weighted by atomic mass is 10.0. The number of rotatable bonds is 5. The summed E-state index contributed by atoms with van der Waals surface area (Å²) in [6, 6.07) is 16.8. The second-order valence-electron chi connectivity index (χ2n) is 5.64. The summed E-state index contributed by atoms with van der Waals surface area (Å²) in [5.74, 6) is 0.779. The predicted octanol–water partition coefficient (Wildman–Crippen LogP) is 4.02. The van der Waals surface area contributed by atoms with Crippen molar-refractivity contribution < 1.29 is 5.11 Å². The van der Waals surface area contributed by atoms with E-state index in [1.807, 2.05) is 12.1 Å². The first-order chi connectivity index (χ1) is 9.78. The molecule has 1 fully saturated rings. The summed E-state index contributed by atoms with van der Waals surface area (Å²) < 4.78 is 0. The van der Waals surface area contributed by atoms with Crippen molar-refractivity contribution in [1.29, 1.82) is 0 Å². The lowest BCUT2D eigenvalue weighted by Gasteiger charge is -2.19. The van der Waals surface area contributed by atoms with Crippen LogP contribution in [0.15, 0.2) is 48.5 Å². The summed E-state index contributed by atoms with van der Waals surface area (Å²) in [6.45, 7) is 2.17. The average Bonchev–Trinajstić information content (AvgIpc) is 3.31. The third-order valence-corrected chi connectivity index (χ3v) is 4.04. The molecule has 1 atom stereocenters. The molecule has 0 radical (unpaired) electrons. The van der Waals surface area contributed by atoms with Gasteiger partial charge in [-0.15, -0.1) is 0 Å². The number of aliphatic hydroxyl groups excluding tert-OH is 1. The highest BCUT2D eigenvalue weighted by molar-refractivity contribution is 5.52. The number of aryl methyl sites for hydroxylation is 1. The number of hydrogen-bond acceptors (Lipinski definition) is 2. The van der Waals surface area contributed by atoms with Crippen LogP contribution in [0.25, 0.3) is 0 Å². The Kier molecular flexibility index (Phi) is 3.75. The first kappa shape index (κ1) is 13.2. The number of aliphatic hydroxyl groups is 1. The van der Waals surface area contributed by atoms with Gasteiger partial charge < -0.3 is 10.4 Å². The molecule has 0 aromatic heterocycles. The van der Waals surface area contributed by atoms with E-state index in [0.29, 0.717) is 0 Å². The second-order valence-corrected chi connectivity index (χ2v) is 5.64. The molecule has 1 saturated carbocycles. The molecule has 2 N–H and O–H groups in total. The van der Waals surface area contributed by atoms with Crippen LogP contribution in [0.1, 0.15) is 41.5 Å². The molecule has 2 nitrogen and oxygen atoms in total. The van der Waals surface area contributed by atoms with Crippen molar-refractivity contribution in [2.75, 3.05) is 11.9 Å². The minimum absolute atomic E-state index is 0.0515. The maximum Gasteiger partial charge on any atom is 0.0745 e. The molecule has 3 rings (SSSR count). The number of anilines is 1. The molecule has 0 bridgehead atoms. The van der Waals surface area contributed by atoms with Crippen molar-refractivity contribution in [1.82, 2.24) is 0 Å². The molecular weight excluding hydrogens is 246 g/mol. The zero-order chi connectivity index (χ0) is 13.9. The van der Waals surface area contributed by atoms with E-state index in [-0.39, 0.29) is 12.6 Å². The maximum atomic E-state index is 9.66. The quantitative estimate of drug-likeness (QED) is 0.857. The van der Waals surface area contributed by atoms with Crippen LogP contribution in [0.2, 0.25) is 0 Å². The molecule has 1 aliphatic carbocycles. The Balaban J connectivity index is 1.77. The summed E-state index contributed by atoms with van der Waals surface area (Å²) in [5, 5.41) is 13.1. The predicted molar refractivity (Wildman–Crippen MR) is 83.0 cm³/mol. The summed E-state index contributed by atoms with van der Waals surface area (Å²) >= 11 is 0. The largest absolute Gasteiger partial charge is 0.394 e. The molecular formula is C18H21NO. The van der Waals surface area contributed by atoms with Crippen LogP contribution in [-0.4, -0.2) is 11.7 Å². The van der Waals surface area contributed by atoms with Crippen molar-refractivity contribution in [3.63, 3.8) is 0 Å². The molecule has 20 heavy (non-hydrogen) atoms. The summed E-state index contributed by atoms with van der Waals surface area (Å²) in [6.07, 6.45) is 2.65. The number of para-hydroxylation sites is 1. The molecule has 1 unspecified atom stereocenters. The van der Waals surface area contributed by atoms with Crippen LogP contribution >= 0.6 is 0 Å². The Morgan fingerprint density at radius 2 is 1.80 bits per heavy atom. The lowest BCUT2D eigenvalue weighted by Crippen LogP contribution is -2.15.